The summed E-state index contributed by atoms with van der Waals surface area (Å²) in [6, 6.07) is 11.9. The maximum absolute atomic E-state index is 7.41. The van der Waals surface area contributed by atoms with Crippen LogP contribution >= 0.6 is 15.9 Å². The van der Waals surface area contributed by atoms with E-state index in [1.54, 1.807) is 6.20 Å². The lowest BCUT2D eigenvalue weighted by Crippen LogP contribution is -2.18. The first-order valence-electron chi connectivity index (χ1n) is 5.82. The van der Waals surface area contributed by atoms with Gasteiger partial charge < -0.3 is 10.6 Å². The summed E-state index contributed by atoms with van der Waals surface area (Å²) in [6.07, 6.45) is 1.67. The van der Waals surface area contributed by atoms with E-state index in [2.05, 4.69) is 37.9 Å². The number of benzene rings is 1. The summed E-state index contributed by atoms with van der Waals surface area (Å²) in [5, 5.41) is 7.41. The number of nitrogens with one attached hydrogen (secondary N) is 1. The lowest BCUT2D eigenvalue weighted by Gasteiger charge is -2.19. The van der Waals surface area contributed by atoms with Gasteiger partial charge in [-0.15, -0.1) is 0 Å². The molecule has 0 bridgehead atoms. The minimum atomic E-state index is -0.0149. The van der Waals surface area contributed by atoms with Crippen molar-refractivity contribution in [2.24, 2.45) is 5.73 Å². The van der Waals surface area contributed by atoms with Crippen LogP contribution in [0.25, 0.3) is 0 Å². The number of nitrogens with two attached hydrogens (primary N) is 1. The first-order chi connectivity index (χ1) is 9.06. The van der Waals surface area contributed by atoms with E-state index in [0.717, 1.165) is 16.7 Å². The van der Waals surface area contributed by atoms with Crippen LogP contribution in [-0.2, 0) is 6.54 Å². The largest absolute Gasteiger partial charge is 0.382 e. The zero-order valence-electron chi connectivity index (χ0n) is 10.6. The Bertz CT molecular complexity index is 580. The molecule has 2 rings (SSSR count). The van der Waals surface area contributed by atoms with Crippen molar-refractivity contribution >= 4 is 27.5 Å². The van der Waals surface area contributed by atoms with Crippen molar-refractivity contribution in [3.05, 3.63) is 58.3 Å². The molecular formula is C14H15BrN4. The maximum Gasteiger partial charge on any atom is 0.141 e. The maximum atomic E-state index is 7.41. The fourth-order valence-electron chi connectivity index (χ4n) is 1.76. The average Bonchev–Trinajstić information content (AvgIpc) is 2.41. The van der Waals surface area contributed by atoms with E-state index in [1.165, 1.54) is 5.56 Å². The van der Waals surface area contributed by atoms with Gasteiger partial charge in [0.2, 0.25) is 0 Å². The predicted molar refractivity (Wildman–Crippen MR) is 81.5 cm³/mol. The highest BCUT2D eigenvalue weighted by Gasteiger charge is 2.05. The molecule has 19 heavy (non-hydrogen) atoms. The van der Waals surface area contributed by atoms with Crippen LogP contribution in [0, 0.1) is 5.41 Å². The van der Waals surface area contributed by atoms with Crippen molar-refractivity contribution in [2.75, 3.05) is 11.9 Å². The zero-order chi connectivity index (χ0) is 13.8. The number of nitrogens with zero attached hydrogens (tertiary/aromatic N) is 2. The van der Waals surface area contributed by atoms with Crippen molar-refractivity contribution in [2.45, 2.75) is 6.54 Å². The molecule has 0 radical (unpaired) electrons. The van der Waals surface area contributed by atoms with Gasteiger partial charge in [-0.25, -0.2) is 0 Å². The van der Waals surface area contributed by atoms with Crippen molar-refractivity contribution in [1.82, 2.24) is 4.98 Å². The second-order valence-corrected chi connectivity index (χ2v) is 5.21. The number of hydrogen-bond donors (Lipinski definition) is 2. The van der Waals surface area contributed by atoms with E-state index >= 15 is 0 Å². The number of rotatable bonds is 4. The quantitative estimate of drug-likeness (QED) is 0.673. The number of amidine groups is 1. The van der Waals surface area contributed by atoms with Gasteiger partial charge in [-0.2, -0.15) is 0 Å². The highest BCUT2D eigenvalue weighted by Crippen LogP contribution is 2.17. The monoisotopic (exact) mass is 318 g/mol. The van der Waals surface area contributed by atoms with Gasteiger partial charge in [0, 0.05) is 29.9 Å². The van der Waals surface area contributed by atoms with E-state index in [4.69, 9.17) is 11.1 Å². The van der Waals surface area contributed by atoms with Crippen LogP contribution in [-0.4, -0.2) is 17.9 Å². The van der Waals surface area contributed by atoms with Crippen molar-refractivity contribution in [3.63, 3.8) is 0 Å². The highest BCUT2D eigenvalue weighted by molar-refractivity contribution is 9.10. The summed E-state index contributed by atoms with van der Waals surface area (Å²) in [5.74, 6) is -0.0149. The van der Waals surface area contributed by atoms with Gasteiger partial charge in [0.25, 0.3) is 0 Å². The number of anilines is 1. The second-order valence-electron chi connectivity index (χ2n) is 4.30. The molecule has 0 aliphatic carbocycles. The van der Waals surface area contributed by atoms with Crippen molar-refractivity contribution < 1.29 is 0 Å². The Balaban J connectivity index is 2.15. The normalized spacial score (nSPS) is 10.2. The summed E-state index contributed by atoms with van der Waals surface area (Å²) in [5.41, 5.74) is 8.15. The molecule has 0 amide bonds. The SMILES string of the molecule is CN(Cc1ccc(Br)cc1)c1ccnc(C(=N)N)c1. The smallest absolute Gasteiger partial charge is 0.141 e. The third kappa shape index (κ3) is 3.54. The van der Waals surface area contributed by atoms with E-state index in [9.17, 15) is 0 Å². The molecule has 0 atom stereocenters. The molecule has 0 aliphatic heterocycles. The Morgan fingerprint density at radius 3 is 2.63 bits per heavy atom. The lowest BCUT2D eigenvalue weighted by molar-refractivity contribution is 0.919. The molecule has 0 saturated heterocycles. The van der Waals surface area contributed by atoms with Crippen molar-refractivity contribution in [3.8, 4) is 0 Å². The molecule has 1 aromatic heterocycles. The van der Waals surface area contributed by atoms with Gasteiger partial charge in [0.05, 0.1) is 0 Å². The van der Waals surface area contributed by atoms with E-state index in [-0.39, 0.29) is 5.84 Å². The minimum absolute atomic E-state index is 0.0149. The second kappa shape index (κ2) is 5.84. The fourth-order valence-corrected chi connectivity index (χ4v) is 2.02. The molecule has 98 valence electrons. The third-order valence-electron chi connectivity index (χ3n) is 2.79. The van der Waals surface area contributed by atoms with Gasteiger partial charge in [-0.05, 0) is 29.8 Å². The molecule has 4 nitrogen and oxygen atoms in total. The van der Waals surface area contributed by atoms with Gasteiger partial charge in [-0.1, -0.05) is 28.1 Å². The highest BCUT2D eigenvalue weighted by atomic mass is 79.9. The molecule has 0 unspecified atom stereocenters. The number of hydrogen-bond acceptors (Lipinski definition) is 3. The van der Waals surface area contributed by atoms with E-state index in [0.29, 0.717) is 5.69 Å². The van der Waals surface area contributed by atoms with E-state index < -0.39 is 0 Å². The summed E-state index contributed by atoms with van der Waals surface area (Å²) >= 11 is 3.42. The lowest BCUT2D eigenvalue weighted by atomic mass is 10.2. The standard InChI is InChI=1S/C14H15BrN4/c1-19(9-10-2-4-11(15)5-3-10)12-6-7-18-13(8-12)14(16)17/h2-8H,9H2,1H3,(H3,16,17). The summed E-state index contributed by atoms with van der Waals surface area (Å²) in [6.45, 7) is 0.786. The molecule has 2 aromatic rings. The molecule has 0 spiro atoms. The van der Waals surface area contributed by atoms with Crippen LogP contribution in [0.4, 0.5) is 5.69 Å². The van der Waals surface area contributed by atoms with Crippen LogP contribution in [0.2, 0.25) is 0 Å². The third-order valence-corrected chi connectivity index (χ3v) is 3.32. The molecule has 0 aliphatic rings. The van der Waals surface area contributed by atoms with Crippen LogP contribution in [0.3, 0.4) is 0 Å². The van der Waals surface area contributed by atoms with Gasteiger partial charge in [-0.3, -0.25) is 10.4 Å². The van der Waals surface area contributed by atoms with Crippen LogP contribution < -0.4 is 10.6 Å². The van der Waals surface area contributed by atoms with Crippen molar-refractivity contribution in [1.29, 1.82) is 5.41 Å². The molecule has 5 heteroatoms. The van der Waals surface area contributed by atoms with Crippen LogP contribution in [0.1, 0.15) is 11.3 Å². The molecule has 0 saturated carbocycles. The summed E-state index contributed by atoms with van der Waals surface area (Å²) in [7, 11) is 2.00. The van der Waals surface area contributed by atoms with Gasteiger partial charge in [0.15, 0.2) is 0 Å². The molecule has 1 aromatic carbocycles. The Kier molecular flexibility index (Phi) is 4.16. The zero-order valence-corrected chi connectivity index (χ0v) is 12.2. The van der Waals surface area contributed by atoms with Gasteiger partial charge >= 0.3 is 0 Å². The Morgan fingerprint density at radius 2 is 2.00 bits per heavy atom. The average molecular weight is 319 g/mol. The summed E-state index contributed by atoms with van der Waals surface area (Å²) in [4.78, 5) is 6.15. The van der Waals surface area contributed by atoms with Crippen LogP contribution in [0.15, 0.2) is 47.1 Å². The predicted octanol–water partition coefficient (Wildman–Crippen LogP) is 2.76. The Labute approximate surface area is 120 Å². The Morgan fingerprint density at radius 1 is 1.32 bits per heavy atom. The van der Waals surface area contributed by atoms with Crippen LogP contribution in [0.5, 0.6) is 0 Å². The number of aromatic nitrogens is 1. The number of nitrogen functional groups attached to an aromatic ring is 1. The minimum Gasteiger partial charge on any atom is -0.382 e. The molecule has 1 heterocycles. The molecule has 0 fully saturated rings. The first-order valence-corrected chi connectivity index (χ1v) is 6.61. The number of halogens is 1. The Hall–Kier alpha value is -1.88. The molecule has 3 N–H and O–H groups in total. The topological polar surface area (TPSA) is 66.0 Å². The first kappa shape index (κ1) is 13.5. The number of pyridine rings is 1. The van der Waals surface area contributed by atoms with E-state index in [1.807, 2.05) is 31.3 Å². The van der Waals surface area contributed by atoms with Gasteiger partial charge in [0.1, 0.15) is 11.5 Å². The molecular weight excluding hydrogens is 304 g/mol. The fraction of sp³-hybridized carbons (Fsp3) is 0.143. The summed E-state index contributed by atoms with van der Waals surface area (Å²) < 4.78 is 1.07.